The van der Waals surface area contributed by atoms with Crippen LogP contribution in [-0.2, 0) is 4.79 Å². The van der Waals surface area contributed by atoms with E-state index in [1.165, 1.54) is 11.8 Å². The molecule has 0 bridgehead atoms. The van der Waals surface area contributed by atoms with Crippen LogP contribution in [0.1, 0.15) is 5.56 Å². The maximum Gasteiger partial charge on any atom is 0.264 e. The summed E-state index contributed by atoms with van der Waals surface area (Å²) in [5, 5.41) is 3.34. The Morgan fingerprint density at radius 1 is 1.19 bits per heavy atom. The van der Waals surface area contributed by atoms with E-state index in [1.807, 2.05) is 42.5 Å². The molecule has 0 radical (unpaired) electrons. The standard InChI is InChI=1S/C19H13Br3N2O2S/c1-2-6-26-17-14(21)7-11(8-15(17)22)9-16-18(25)24-19(27-16)23-13-5-3-4-12(20)10-13/h2-5,7-10H,1,6H2,(H,23,24,25)/b16-9+. The molecule has 1 N–H and O–H groups in total. The van der Waals surface area contributed by atoms with E-state index in [4.69, 9.17) is 4.74 Å². The first kappa shape index (κ1) is 20.4. The number of nitrogens with one attached hydrogen (secondary N) is 1. The largest absolute Gasteiger partial charge is 0.487 e. The van der Waals surface area contributed by atoms with Crippen molar-refractivity contribution in [3.63, 3.8) is 0 Å². The summed E-state index contributed by atoms with van der Waals surface area (Å²) in [5.74, 6) is 0.519. The molecule has 3 rings (SSSR count). The van der Waals surface area contributed by atoms with E-state index in [-0.39, 0.29) is 5.91 Å². The number of benzene rings is 2. The summed E-state index contributed by atoms with van der Waals surface area (Å²) in [7, 11) is 0. The molecule has 1 heterocycles. The van der Waals surface area contributed by atoms with Gasteiger partial charge in [0.05, 0.1) is 19.5 Å². The van der Waals surface area contributed by atoms with Crippen LogP contribution in [0.5, 0.6) is 5.75 Å². The smallest absolute Gasteiger partial charge is 0.264 e. The minimum absolute atomic E-state index is 0.173. The number of hydrogen-bond donors (Lipinski definition) is 1. The Morgan fingerprint density at radius 3 is 2.59 bits per heavy atom. The first-order chi connectivity index (χ1) is 13.0. The number of ether oxygens (including phenoxy) is 1. The predicted molar refractivity (Wildman–Crippen MR) is 122 cm³/mol. The van der Waals surface area contributed by atoms with Gasteiger partial charge in [-0.05, 0) is 85.6 Å². The van der Waals surface area contributed by atoms with Crippen LogP contribution in [0.3, 0.4) is 0 Å². The van der Waals surface area contributed by atoms with Gasteiger partial charge >= 0.3 is 0 Å². The molecule has 0 spiro atoms. The molecule has 0 aliphatic carbocycles. The average molecular weight is 573 g/mol. The van der Waals surface area contributed by atoms with Gasteiger partial charge in [0.1, 0.15) is 12.4 Å². The molecule has 138 valence electrons. The first-order valence-electron chi connectivity index (χ1n) is 7.74. The van der Waals surface area contributed by atoms with Crippen molar-refractivity contribution in [2.75, 3.05) is 6.61 Å². The molecule has 1 saturated heterocycles. The van der Waals surface area contributed by atoms with Gasteiger partial charge in [0.25, 0.3) is 5.91 Å². The zero-order chi connectivity index (χ0) is 19.4. The fraction of sp³-hybridized carbons (Fsp3) is 0.0526. The number of nitrogens with zero attached hydrogens (tertiary/aromatic N) is 1. The second-order valence-electron chi connectivity index (χ2n) is 5.37. The number of halogens is 3. The molecule has 0 aromatic heterocycles. The molecule has 2 aromatic carbocycles. The van der Waals surface area contributed by atoms with Crippen molar-refractivity contribution in [2.24, 2.45) is 4.99 Å². The van der Waals surface area contributed by atoms with E-state index < -0.39 is 0 Å². The average Bonchev–Trinajstić information content (AvgIpc) is 2.93. The number of rotatable bonds is 5. The summed E-state index contributed by atoms with van der Waals surface area (Å²) >= 11 is 11.7. The Balaban J connectivity index is 1.83. The molecule has 0 unspecified atom stereocenters. The van der Waals surface area contributed by atoms with E-state index in [9.17, 15) is 4.79 Å². The first-order valence-corrected chi connectivity index (χ1v) is 10.9. The van der Waals surface area contributed by atoms with Crippen LogP contribution in [-0.4, -0.2) is 17.7 Å². The maximum atomic E-state index is 12.3. The van der Waals surface area contributed by atoms with Crippen molar-refractivity contribution < 1.29 is 9.53 Å². The van der Waals surface area contributed by atoms with Crippen molar-refractivity contribution in [3.8, 4) is 5.75 Å². The van der Waals surface area contributed by atoms with Gasteiger partial charge in [0.2, 0.25) is 0 Å². The van der Waals surface area contributed by atoms with Crippen LogP contribution in [0.25, 0.3) is 6.08 Å². The molecule has 1 aliphatic rings. The van der Waals surface area contributed by atoms with Crippen molar-refractivity contribution >= 4 is 82.4 Å². The van der Waals surface area contributed by atoms with Gasteiger partial charge in [-0.2, -0.15) is 0 Å². The predicted octanol–water partition coefficient (Wildman–Crippen LogP) is 6.43. The molecule has 27 heavy (non-hydrogen) atoms. The number of amidine groups is 1. The normalized spacial score (nSPS) is 16.6. The third-order valence-corrected chi connectivity index (χ3v) is 5.93. The molecule has 0 saturated carbocycles. The molecule has 1 fully saturated rings. The van der Waals surface area contributed by atoms with Gasteiger partial charge in [0, 0.05) is 4.47 Å². The van der Waals surface area contributed by atoms with Crippen molar-refractivity contribution in [3.05, 3.63) is 72.9 Å². The van der Waals surface area contributed by atoms with Gasteiger partial charge in [-0.1, -0.05) is 34.7 Å². The van der Waals surface area contributed by atoms with Gasteiger partial charge in [-0.15, -0.1) is 0 Å². The van der Waals surface area contributed by atoms with Gasteiger partial charge < -0.3 is 10.1 Å². The topological polar surface area (TPSA) is 50.7 Å². The lowest BCUT2D eigenvalue weighted by Gasteiger charge is -2.09. The highest BCUT2D eigenvalue weighted by molar-refractivity contribution is 9.11. The molecule has 4 nitrogen and oxygen atoms in total. The van der Waals surface area contributed by atoms with Gasteiger partial charge in [0.15, 0.2) is 5.17 Å². The summed E-state index contributed by atoms with van der Waals surface area (Å²) in [6.45, 7) is 4.05. The van der Waals surface area contributed by atoms with E-state index in [1.54, 1.807) is 6.08 Å². The highest BCUT2D eigenvalue weighted by Crippen LogP contribution is 2.36. The number of hydrogen-bond acceptors (Lipinski definition) is 4. The molecule has 1 amide bonds. The van der Waals surface area contributed by atoms with E-state index in [2.05, 4.69) is 64.7 Å². The van der Waals surface area contributed by atoms with Gasteiger partial charge in [-0.3, -0.25) is 4.79 Å². The molecule has 2 aromatic rings. The zero-order valence-corrected chi connectivity index (χ0v) is 19.4. The number of carbonyl (C=O) groups excluding carboxylic acids is 1. The van der Waals surface area contributed by atoms with E-state index in [0.717, 1.165) is 24.7 Å². The van der Waals surface area contributed by atoms with E-state index in [0.29, 0.717) is 22.4 Å². The lowest BCUT2D eigenvalue weighted by Crippen LogP contribution is -2.19. The van der Waals surface area contributed by atoms with Crippen molar-refractivity contribution in [2.45, 2.75) is 0 Å². The van der Waals surface area contributed by atoms with Crippen LogP contribution >= 0.6 is 59.6 Å². The maximum absolute atomic E-state index is 12.3. The second-order valence-corrected chi connectivity index (χ2v) is 9.03. The fourth-order valence-electron chi connectivity index (χ4n) is 2.24. The highest BCUT2D eigenvalue weighted by Gasteiger charge is 2.24. The Hall–Kier alpha value is -1.35. The number of amides is 1. The molecular formula is C19H13Br3N2O2S. The lowest BCUT2D eigenvalue weighted by molar-refractivity contribution is -0.115. The van der Waals surface area contributed by atoms with Crippen LogP contribution in [0.15, 0.2) is 72.4 Å². The summed E-state index contributed by atoms with van der Waals surface area (Å²) in [6.07, 6.45) is 3.50. The summed E-state index contributed by atoms with van der Waals surface area (Å²) in [4.78, 5) is 17.3. The van der Waals surface area contributed by atoms with E-state index >= 15 is 0 Å². The molecule has 0 atom stereocenters. The monoisotopic (exact) mass is 570 g/mol. The van der Waals surface area contributed by atoms with Crippen LogP contribution < -0.4 is 10.1 Å². The molecule has 8 heteroatoms. The fourth-order valence-corrected chi connectivity index (χ4v) is 4.92. The molecular weight excluding hydrogens is 560 g/mol. The minimum Gasteiger partial charge on any atom is -0.487 e. The third-order valence-electron chi connectivity index (χ3n) is 3.35. The Bertz CT molecular complexity index is 950. The quantitative estimate of drug-likeness (QED) is 0.332. The number of carbonyl (C=O) groups is 1. The highest BCUT2D eigenvalue weighted by atomic mass is 79.9. The number of aliphatic imine (C=N–C) groups is 1. The molecule has 1 aliphatic heterocycles. The zero-order valence-electron chi connectivity index (χ0n) is 13.8. The van der Waals surface area contributed by atoms with Crippen LogP contribution in [0.2, 0.25) is 0 Å². The van der Waals surface area contributed by atoms with Crippen molar-refractivity contribution in [1.82, 2.24) is 5.32 Å². The Labute approximate surface area is 186 Å². The van der Waals surface area contributed by atoms with Gasteiger partial charge in [-0.25, -0.2) is 4.99 Å². The Morgan fingerprint density at radius 2 is 1.93 bits per heavy atom. The number of thioether (sulfide) groups is 1. The second kappa shape index (κ2) is 9.23. The SMILES string of the molecule is C=CCOc1c(Br)cc(/C=C2/SC(=Nc3cccc(Br)c3)NC2=O)cc1Br. The van der Waals surface area contributed by atoms with Crippen LogP contribution in [0.4, 0.5) is 5.69 Å². The summed E-state index contributed by atoms with van der Waals surface area (Å²) in [6, 6.07) is 11.4. The Kier molecular flexibility index (Phi) is 6.97. The lowest BCUT2D eigenvalue weighted by atomic mass is 10.2. The van der Waals surface area contributed by atoms with Crippen molar-refractivity contribution in [1.29, 1.82) is 0 Å². The van der Waals surface area contributed by atoms with Crippen LogP contribution in [0, 0.1) is 0 Å². The third kappa shape index (κ3) is 5.34. The minimum atomic E-state index is -0.173. The summed E-state index contributed by atoms with van der Waals surface area (Å²) < 4.78 is 8.13. The summed E-state index contributed by atoms with van der Waals surface area (Å²) in [5.41, 5.74) is 1.63.